The summed E-state index contributed by atoms with van der Waals surface area (Å²) < 4.78 is 99.1. The summed E-state index contributed by atoms with van der Waals surface area (Å²) in [6.07, 6.45) is -9.51. The van der Waals surface area contributed by atoms with Crippen LogP contribution in [0.5, 0.6) is 0 Å². The second-order valence-electron chi connectivity index (χ2n) is 5.05. The summed E-state index contributed by atoms with van der Waals surface area (Å²) in [5.74, 6) is 0. The monoisotopic (exact) mass is 362 g/mol. The van der Waals surface area contributed by atoms with Crippen molar-refractivity contribution in [1.29, 1.82) is 0 Å². The first-order chi connectivity index (χ1) is 10.4. The minimum atomic E-state index is -4.71. The molecule has 2 N–H and O–H groups in total. The summed E-state index contributed by atoms with van der Waals surface area (Å²) in [7, 11) is -4.39. The van der Waals surface area contributed by atoms with Gasteiger partial charge in [0.25, 0.3) is 0 Å². The first-order valence-electron chi connectivity index (χ1n) is 6.37. The second-order valence-corrected chi connectivity index (χ2v) is 6.82. The van der Waals surface area contributed by atoms with E-state index in [0.29, 0.717) is 11.1 Å². The minimum Gasteiger partial charge on any atom is -0.302 e. The molecule has 0 fully saturated rings. The molecule has 1 unspecified atom stereocenters. The highest BCUT2D eigenvalue weighted by molar-refractivity contribution is 7.89. The van der Waals surface area contributed by atoms with Crippen LogP contribution in [0.2, 0.25) is 0 Å². The SMILES string of the molecule is O=S(=O)(NCC(F)(F)F)c1ccc2c(c1)CNC(C(F)(F)F)C2. The van der Waals surface area contributed by atoms with Crippen molar-refractivity contribution in [1.82, 2.24) is 10.0 Å². The van der Waals surface area contributed by atoms with Crippen molar-refractivity contribution in [3.63, 3.8) is 0 Å². The number of alkyl halides is 6. The van der Waals surface area contributed by atoms with Crippen LogP contribution >= 0.6 is 0 Å². The maximum Gasteiger partial charge on any atom is 0.404 e. The topological polar surface area (TPSA) is 58.2 Å². The van der Waals surface area contributed by atoms with Crippen molar-refractivity contribution in [2.75, 3.05) is 6.54 Å². The summed E-state index contributed by atoms with van der Waals surface area (Å²) in [6, 6.07) is 1.53. The van der Waals surface area contributed by atoms with E-state index in [1.54, 1.807) is 0 Å². The van der Waals surface area contributed by atoms with E-state index in [1.807, 2.05) is 0 Å². The van der Waals surface area contributed by atoms with Crippen LogP contribution in [-0.4, -0.2) is 33.4 Å². The van der Waals surface area contributed by atoms with E-state index >= 15 is 0 Å². The highest BCUT2D eigenvalue weighted by Gasteiger charge is 2.41. The van der Waals surface area contributed by atoms with E-state index in [-0.39, 0.29) is 13.0 Å². The van der Waals surface area contributed by atoms with Gasteiger partial charge in [-0.05, 0) is 29.7 Å². The summed E-state index contributed by atoms with van der Waals surface area (Å²) in [5.41, 5.74) is 0.612. The van der Waals surface area contributed by atoms with Gasteiger partial charge in [-0.1, -0.05) is 6.07 Å². The third kappa shape index (κ3) is 4.58. The quantitative estimate of drug-likeness (QED) is 0.810. The Morgan fingerprint density at radius 2 is 1.78 bits per heavy atom. The molecule has 0 spiro atoms. The molecule has 2 rings (SSSR count). The molecule has 23 heavy (non-hydrogen) atoms. The van der Waals surface area contributed by atoms with Crippen molar-refractivity contribution >= 4 is 10.0 Å². The molecule has 0 saturated carbocycles. The Balaban J connectivity index is 2.20. The Hall–Kier alpha value is -1.33. The molecule has 1 aliphatic rings. The third-order valence-corrected chi connectivity index (χ3v) is 4.71. The van der Waals surface area contributed by atoms with Crippen molar-refractivity contribution < 1.29 is 34.8 Å². The maximum absolute atomic E-state index is 12.6. The van der Waals surface area contributed by atoms with Crippen LogP contribution in [0.1, 0.15) is 11.1 Å². The van der Waals surface area contributed by atoms with Crippen LogP contribution < -0.4 is 10.0 Å². The van der Waals surface area contributed by atoms with E-state index in [4.69, 9.17) is 0 Å². The number of nitrogens with one attached hydrogen (secondary N) is 2. The van der Waals surface area contributed by atoms with Gasteiger partial charge in [-0.3, -0.25) is 0 Å². The Labute approximate surface area is 127 Å². The van der Waals surface area contributed by atoms with Gasteiger partial charge in [0.15, 0.2) is 0 Å². The van der Waals surface area contributed by atoms with Crippen molar-refractivity contribution in [2.45, 2.75) is 36.3 Å². The smallest absolute Gasteiger partial charge is 0.302 e. The lowest BCUT2D eigenvalue weighted by atomic mass is 9.96. The molecule has 0 radical (unpaired) electrons. The molecule has 0 bridgehead atoms. The predicted molar refractivity (Wildman–Crippen MR) is 68.1 cm³/mol. The van der Waals surface area contributed by atoms with Crippen LogP contribution in [0, 0.1) is 0 Å². The molecular formula is C12H12F6N2O2S. The lowest BCUT2D eigenvalue weighted by Crippen LogP contribution is -2.46. The molecule has 0 saturated heterocycles. The Kier molecular flexibility index (Phi) is 4.66. The zero-order valence-corrected chi connectivity index (χ0v) is 12.2. The van der Waals surface area contributed by atoms with Gasteiger partial charge < -0.3 is 5.32 Å². The van der Waals surface area contributed by atoms with Gasteiger partial charge >= 0.3 is 12.4 Å². The van der Waals surface area contributed by atoms with Crippen LogP contribution in [0.25, 0.3) is 0 Å². The van der Waals surface area contributed by atoms with E-state index < -0.39 is 39.9 Å². The fourth-order valence-electron chi connectivity index (χ4n) is 2.15. The number of rotatable bonds is 3. The average molecular weight is 362 g/mol. The second kappa shape index (κ2) is 5.95. The summed E-state index contributed by atoms with van der Waals surface area (Å²) in [6.45, 7) is -1.94. The Morgan fingerprint density at radius 3 is 2.35 bits per heavy atom. The zero-order chi connectivity index (χ0) is 17.5. The van der Waals surface area contributed by atoms with E-state index in [2.05, 4.69) is 5.32 Å². The fraction of sp³-hybridized carbons (Fsp3) is 0.500. The molecule has 1 aromatic carbocycles. The van der Waals surface area contributed by atoms with Crippen molar-refractivity contribution in [3.05, 3.63) is 29.3 Å². The molecule has 1 aromatic rings. The summed E-state index contributed by atoms with van der Waals surface area (Å²) in [5, 5.41) is 2.23. The highest BCUT2D eigenvalue weighted by atomic mass is 32.2. The van der Waals surface area contributed by atoms with E-state index in [9.17, 15) is 34.8 Å². The molecule has 0 aliphatic carbocycles. The molecular weight excluding hydrogens is 350 g/mol. The first-order valence-corrected chi connectivity index (χ1v) is 7.85. The normalized spacial score (nSPS) is 19.5. The first kappa shape index (κ1) is 18.0. The number of fused-ring (bicyclic) bond motifs is 1. The molecule has 4 nitrogen and oxygen atoms in total. The van der Waals surface area contributed by atoms with Gasteiger partial charge in [0, 0.05) is 6.54 Å². The molecule has 11 heteroatoms. The number of hydrogen-bond donors (Lipinski definition) is 2. The zero-order valence-electron chi connectivity index (χ0n) is 11.4. The third-order valence-electron chi connectivity index (χ3n) is 3.31. The highest BCUT2D eigenvalue weighted by Crippen LogP contribution is 2.29. The lowest BCUT2D eigenvalue weighted by Gasteiger charge is -2.28. The maximum atomic E-state index is 12.6. The fourth-order valence-corrected chi connectivity index (χ4v) is 3.21. The molecule has 1 heterocycles. The molecule has 0 aromatic heterocycles. The van der Waals surface area contributed by atoms with Crippen LogP contribution in [0.15, 0.2) is 23.1 Å². The molecule has 0 amide bonds. The van der Waals surface area contributed by atoms with Crippen molar-refractivity contribution in [3.8, 4) is 0 Å². The van der Waals surface area contributed by atoms with Gasteiger partial charge in [-0.15, -0.1) is 0 Å². The van der Waals surface area contributed by atoms with Crippen LogP contribution in [-0.2, 0) is 23.0 Å². The number of halogens is 6. The Bertz CT molecular complexity index is 684. The standard InChI is InChI=1S/C12H12F6N2O2S/c13-11(14,15)6-20-23(21,22)9-2-1-7-4-10(12(16,17)18)19-5-8(7)3-9/h1-3,10,19-20H,4-6H2. The van der Waals surface area contributed by atoms with Crippen LogP contribution in [0.4, 0.5) is 26.3 Å². The minimum absolute atomic E-state index is 0.220. The van der Waals surface area contributed by atoms with Crippen molar-refractivity contribution in [2.24, 2.45) is 0 Å². The number of benzene rings is 1. The van der Waals surface area contributed by atoms with Crippen LogP contribution in [0.3, 0.4) is 0 Å². The largest absolute Gasteiger partial charge is 0.404 e. The van der Waals surface area contributed by atoms with Gasteiger partial charge in [-0.25, -0.2) is 13.1 Å². The van der Waals surface area contributed by atoms with Gasteiger partial charge in [0.2, 0.25) is 10.0 Å². The van der Waals surface area contributed by atoms with Gasteiger partial charge in [0.1, 0.15) is 12.6 Å². The van der Waals surface area contributed by atoms with E-state index in [1.165, 1.54) is 10.8 Å². The average Bonchev–Trinajstić information content (AvgIpc) is 2.42. The van der Waals surface area contributed by atoms with Gasteiger partial charge in [0.05, 0.1) is 4.90 Å². The molecule has 1 aliphatic heterocycles. The summed E-state index contributed by atoms with van der Waals surface area (Å²) >= 11 is 0. The predicted octanol–water partition coefficient (Wildman–Crippen LogP) is 2.10. The van der Waals surface area contributed by atoms with Gasteiger partial charge in [-0.2, -0.15) is 26.3 Å². The molecule has 1 atom stereocenters. The lowest BCUT2D eigenvalue weighted by molar-refractivity contribution is -0.157. The summed E-state index contributed by atoms with van der Waals surface area (Å²) in [4.78, 5) is -0.423. The Morgan fingerprint density at radius 1 is 1.13 bits per heavy atom. The van der Waals surface area contributed by atoms with E-state index in [0.717, 1.165) is 12.1 Å². The number of hydrogen-bond acceptors (Lipinski definition) is 3. The molecule has 130 valence electrons. The number of sulfonamides is 1.